The van der Waals surface area contributed by atoms with E-state index < -0.39 is 0 Å². The van der Waals surface area contributed by atoms with Crippen molar-refractivity contribution < 1.29 is 9.59 Å². The second-order valence-corrected chi connectivity index (χ2v) is 5.58. The third kappa shape index (κ3) is 4.29. The molecule has 21 heavy (non-hydrogen) atoms. The molecule has 0 aliphatic carbocycles. The van der Waals surface area contributed by atoms with Gasteiger partial charge in [0.15, 0.2) is 0 Å². The van der Waals surface area contributed by atoms with Crippen molar-refractivity contribution in [2.45, 2.75) is 26.7 Å². The zero-order valence-corrected chi connectivity index (χ0v) is 12.6. The summed E-state index contributed by atoms with van der Waals surface area (Å²) >= 11 is 0. The summed E-state index contributed by atoms with van der Waals surface area (Å²) in [6.07, 6.45) is 1.32. The molecule has 1 atom stereocenters. The van der Waals surface area contributed by atoms with E-state index in [4.69, 9.17) is 0 Å². The van der Waals surface area contributed by atoms with Crippen LogP contribution in [0.25, 0.3) is 0 Å². The Morgan fingerprint density at radius 3 is 2.52 bits per heavy atom. The van der Waals surface area contributed by atoms with E-state index in [0.29, 0.717) is 23.7 Å². The second kappa shape index (κ2) is 7.22. The van der Waals surface area contributed by atoms with Crippen LogP contribution in [0.5, 0.6) is 0 Å². The van der Waals surface area contributed by atoms with Crippen LogP contribution in [0.2, 0.25) is 0 Å². The van der Waals surface area contributed by atoms with E-state index in [1.807, 2.05) is 32.0 Å². The Morgan fingerprint density at radius 2 is 1.95 bits per heavy atom. The maximum absolute atomic E-state index is 12.2. The monoisotopic (exact) mass is 289 g/mol. The molecule has 1 aliphatic rings. The molecule has 1 unspecified atom stereocenters. The first-order valence-electron chi connectivity index (χ1n) is 7.51. The molecule has 1 fully saturated rings. The fraction of sp³-hybridized carbons (Fsp3) is 0.500. The molecule has 5 heteroatoms. The largest absolute Gasteiger partial charge is 0.326 e. The molecule has 0 spiro atoms. The van der Waals surface area contributed by atoms with E-state index in [2.05, 4.69) is 16.0 Å². The van der Waals surface area contributed by atoms with Crippen LogP contribution in [0.3, 0.4) is 0 Å². The topological polar surface area (TPSA) is 70.2 Å². The van der Waals surface area contributed by atoms with Crippen LogP contribution in [0.4, 0.5) is 11.4 Å². The third-order valence-corrected chi connectivity index (χ3v) is 3.82. The van der Waals surface area contributed by atoms with E-state index >= 15 is 0 Å². The number of carbonyl (C=O) groups excluding carboxylic acids is 2. The summed E-state index contributed by atoms with van der Waals surface area (Å²) in [5.41, 5.74) is 1.43. The van der Waals surface area contributed by atoms with Crippen molar-refractivity contribution in [3.05, 3.63) is 24.3 Å². The summed E-state index contributed by atoms with van der Waals surface area (Å²) in [5, 5.41) is 8.93. The first-order valence-corrected chi connectivity index (χ1v) is 7.51. The van der Waals surface area contributed by atoms with Crippen molar-refractivity contribution in [1.29, 1.82) is 0 Å². The first kappa shape index (κ1) is 15.5. The fourth-order valence-corrected chi connectivity index (χ4v) is 2.26. The van der Waals surface area contributed by atoms with Crippen LogP contribution in [-0.2, 0) is 9.59 Å². The van der Waals surface area contributed by atoms with Crippen molar-refractivity contribution in [3.63, 3.8) is 0 Å². The van der Waals surface area contributed by atoms with E-state index in [0.717, 1.165) is 19.5 Å². The number of hydrogen-bond donors (Lipinski definition) is 3. The Kier molecular flexibility index (Phi) is 5.33. The minimum Gasteiger partial charge on any atom is -0.326 e. The van der Waals surface area contributed by atoms with Gasteiger partial charge in [-0.25, -0.2) is 0 Å². The Bertz CT molecular complexity index is 512. The van der Waals surface area contributed by atoms with Crippen molar-refractivity contribution in [2.24, 2.45) is 11.8 Å². The van der Waals surface area contributed by atoms with Crippen LogP contribution in [0.1, 0.15) is 26.7 Å². The third-order valence-electron chi connectivity index (χ3n) is 3.82. The van der Waals surface area contributed by atoms with Gasteiger partial charge in [0.2, 0.25) is 11.8 Å². The van der Waals surface area contributed by atoms with E-state index in [9.17, 15) is 9.59 Å². The number of anilines is 2. The lowest BCUT2D eigenvalue weighted by molar-refractivity contribution is -0.121. The molecular weight excluding hydrogens is 266 g/mol. The molecule has 1 aromatic rings. The Labute approximate surface area is 125 Å². The molecule has 0 radical (unpaired) electrons. The van der Waals surface area contributed by atoms with Crippen molar-refractivity contribution in [3.8, 4) is 0 Å². The van der Waals surface area contributed by atoms with Crippen LogP contribution in [-0.4, -0.2) is 24.9 Å². The van der Waals surface area contributed by atoms with Gasteiger partial charge in [0, 0.05) is 23.7 Å². The highest BCUT2D eigenvalue weighted by atomic mass is 16.2. The van der Waals surface area contributed by atoms with Crippen LogP contribution in [0.15, 0.2) is 24.3 Å². The molecule has 0 aromatic heterocycles. The average Bonchev–Trinajstić information content (AvgIpc) is 2.37. The zero-order chi connectivity index (χ0) is 15.2. The molecule has 0 saturated carbocycles. The number of nitrogens with one attached hydrogen (secondary N) is 3. The number of rotatable bonds is 6. The second-order valence-electron chi connectivity index (χ2n) is 5.58. The summed E-state index contributed by atoms with van der Waals surface area (Å²) in [4.78, 5) is 23.7. The Morgan fingerprint density at radius 1 is 1.29 bits per heavy atom. The summed E-state index contributed by atoms with van der Waals surface area (Å²) in [5.74, 6) is 0.426. The molecule has 1 saturated heterocycles. The highest BCUT2D eigenvalue weighted by molar-refractivity contribution is 5.95. The molecule has 3 N–H and O–H groups in total. The smallest absolute Gasteiger partial charge is 0.227 e. The lowest BCUT2D eigenvalue weighted by atomic mass is 9.88. The maximum atomic E-state index is 12.2. The first-order chi connectivity index (χ1) is 10.1. The Balaban J connectivity index is 1.93. The molecule has 1 aromatic carbocycles. The zero-order valence-electron chi connectivity index (χ0n) is 12.6. The molecule has 5 nitrogen and oxygen atoms in total. The van der Waals surface area contributed by atoms with Gasteiger partial charge in [-0.3, -0.25) is 9.59 Å². The van der Waals surface area contributed by atoms with Gasteiger partial charge in [-0.05, 0) is 43.6 Å². The van der Waals surface area contributed by atoms with E-state index in [1.165, 1.54) is 0 Å². The van der Waals surface area contributed by atoms with Crippen molar-refractivity contribution in [1.82, 2.24) is 5.32 Å². The van der Waals surface area contributed by atoms with Crippen LogP contribution >= 0.6 is 0 Å². The SMILES string of the molecule is CCCC(=O)Nc1cccc(NC(=O)C(C)C2CNC2)c1. The average molecular weight is 289 g/mol. The van der Waals surface area contributed by atoms with Gasteiger partial charge < -0.3 is 16.0 Å². The fourth-order valence-electron chi connectivity index (χ4n) is 2.26. The molecule has 2 rings (SSSR count). The molecule has 0 bridgehead atoms. The normalized spacial score (nSPS) is 15.9. The van der Waals surface area contributed by atoms with Gasteiger partial charge in [0.05, 0.1) is 0 Å². The minimum absolute atomic E-state index is 0.00473. The minimum atomic E-state index is -0.00964. The molecule has 1 heterocycles. The van der Waals surface area contributed by atoms with Gasteiger partial charge in [-0.1, -0.05) is 19.9 Å². The van der Waals surface area contributed by atoms with Gasteiger partial charge in [0.25, 0.3) is 0 Å². The summed E-state index contributed by atoms with van der Waals surface area (Å²) in [6, 6.07) is 7.27. The van der Waals surface area contributed by atoms with Crippen molar-refractivity contribution >= 4 is 23.2 Å². The standard InChI is InChI=1S/C16H23N3O2/c1-3-5-15(20)18-13-6-4-7-14(8-13)19-16(21)11(2)12-9-17-10-12/h4,6-8,11-12,17H,3,5,9-10H2,1-2H3,(H,18,20)(H,19,21). The van der Waals surface area contributed by atoms with Crippen LogP contribution in [0, 0.1) is 11.8 Å². The maximum Gasteiger partial charge on any atom is 0.227 e. The quantitative estimate of drug-likeness (QED) is 0.752. The number of carbonyl (C=O) groups is 2. The van der Waals surface area contributed by atoms with Crippen molar-refractivity contribution in [2.75, 3.05) is 23.7 Å². The highest BCUT2D eigenvalue weighted by Crippen LogP contribution is 2.20. The predicted octanol–water partition coefficient (Wildman–Crippen LogP) is 2.22. The lowest BCUT2D eigenvalue weighted by Crippen LogP contribution is -2.48. The van der Waals surface area contributed by atoms with Gasteiger partial charge in [0.1, 0.15) is 0 Å². The Hall–Kier alpha value is -1.88. The lowest BCUT2D eigenvalue weighted by Gasteiger charge is -2.31. The molecule has 1 aliphatic heterocycles. The summed E-state index contributed by atoms with van der Waals surface area (Å²) in [6.45, 7) is 5.73. The number of amides is 2. The number of benzene rings is 1. The highest BCUT2D eigenvalue weighted by Gasteiger charge is 2.28. The van der Waals surface area contributed by atoms with Gasteiger partial charge in [-0.15, -0.1) is 0 Å². The van der Waals surface area contributed by atoms with E-state index in [-0.39, 0.29) is 17.7 Å². The summed E-state index contributed by atoms with van der Waals surface area (Å²) < 4.78 is 0. The molecular formula is C16H23N3O2. The van der Waals surface area contributed by atoms with Gasteiger partial charge >= 0.3 is 0 Å². The molecule has 114 valence electrons. The van der Waals surface area contributed by atoms with Crippen LogP contribution < -0.4 is 16.0 Å². The number of hydrogen-bond acceptors (Lipinski definition) is 3. The predicted molar refractivity (Wildman–Crippen MR) is 84.1 cm³/mol. The van der Waals surface area contributed by atoms with Gasteiger partial charge in [-0.2, -0.15) is 0 Å². The van der Waals surface area contributed by atoms with E-state index in [1.54, 1.807) is 6.07 Å². The summed E-state index contributed by atoms with van der Waals surface area (Å²) in [7, 11) is 0. The molecule has 2 amide bonds.